The second-order valence-corrected chi connectivity index (χ2v) is 7.27. The lowest BCUT2D eigenvalue weighted by molar-refractivity contribution is -0.141. The maximum atomic E-state index is 13.5. The molecule has 3 aromatic rings. The summed E-state index contributed by atoms with van der Waals surface area (Å²) in [4.78, 5) is 28.4. The summed E-state index contributed by atoms with van der Waals surface area (Å²) >= 11 is 0. The minimum absolute atomic E-state index is 0.106. The van der Waals surface area contributed by atoms with E-state index in [4.69, 9.17) is 4.74 Å². The second-order valence-electron chi connectivity index (χ2n) is 7.27. The molecule has 5 nitrogen and oxygen atoms in total. The van der Waals surface area contributed by atoms with Crippen LogP contribution in [0.4, 0.5) is 0 Å². The van der Waals surface area contributed by atoms with Crippen molar-refractivity contribution in [2.24, 2.45) is 0 Å². The fourth-order valence-electron chi connectivity index (χ4n) is 3.46. The molecule has 160 valence electrons. The third-order valence-electron chi connectivity index (χ3n) is 5.00. The van der Waals surface area contributed by atoms with Crippen molar-refractivity contribution in [3.63, 3.8) is 0 Å². The van der Waals surface area contributed by atoms with Crippen LogP contribution in [0.2, 0.25) is 0 Å². The van der Waals surface area contributed by atoms with Crippen LogP contribution in [0.15, 0.2) is 91.0 Å². The van der Waals surface area contributed by atoms with Crippen LogP contribution in [0.25, 0.3) is 0 Å². The van der Waals surface area contributed by atoms with Crippen molar-refractivity contribution in [2.45, 2.75) is 19.0 Å². The number of carbonyl (C=O) groups is 2. The molecular formula is C26H28N2O3. The van der Waals surface area contributed by atoms with Crippen molar-refractivity contribution in [3.8, 4) is 0 Å². The topological polar surface area (TPSA) is 58.6 Å². The Balaban J connectivity index is 1.94. The SMILES string of the molecule is COCCNC(=O)[C@H](c1ccccc1)N(Cc1ccccc1)C(=O)Cc1ccccc1. The average Bonchev–Trinajstić information content (AvgIpc) is 2.81. The number of nitrogens with zero attached hydrogens (tertiary/aromatic N) is 1. The fraction of sp³-hybridized carbons (Fsp3) is 0.231. The molecule has 1 atom stereocenters. The van der Waals surface area contributed by atoms with E-state index in [1.807, 2.05) is 91.0 Å². The average molecular weight is 417 g/mol. The molecule has 0 aliphatic carbocycles. The van der Waals surface area contributed by atoms with Crippen molar-refractivity contribution in [1.82, 2.24) is 10.2 Å². The van der Waals surface area contributed by atoms with Crippen LogP contribution in [0.1, 0.15) is 22.7 Å². The second kappa shape index (κ2) is 11.7. The van der Waals surface area contributed by atoms with E-state index in [-0.39, 0.29) is 18.2 Å². The van der Waals surface area contributed by atoms with Crippen LogP contribution < -0.4 is 5.32 Å². The highest BCUT2D eigenvalue weighted by atomic mass is 16.5. The predicted octanol–water partition coefficient (Wildman–Crippen LogP) is 3.76. The van der Waals surface area contributed by atoms with E-state index < -0.39 is 6.04 Å². The van der Waals surface area contributed by atoms with E-state index in [0.717, 1.165) is 16.7 Å². The summed E-state index contributed by atoms with van der Waals surface area (Å²) in [6, 6.07) is 28.0. The fourth-order valence-corrected chi connectivity index (χ4v) is 3.46. The molecule has 0 spiro atoms. The van der Waals surface area contributed by atoms with Crippen LogP contribution in [-0.2, 0) is 27.3 Å². The maximum Gasteiger partial charge on any atom is 0.247 e. The number of hydrogen-bond acceptors (Lipinski definition) is 3. The van der Waals surface area contributed by atoms with Crippen LogP contribution in [0, 0.1) is 0 Å². The molecule has 0 unspecified atom stereocenters. The van der Waals surface area contributed by atoms with E-state index in [1.54, 1.807) is 12.0 Å². The normalized spacial score (nSPS) is 11.5. The molecule has 0 radical (unpaired) electrons. The lowest BCUT2D eigenvalue weighted by Gasteiger charge is -2.32. The summed E-state index contributed by atoms with van der Waals surface area (Å²) in [6.45, 7) is 1.12. The monoisotopic (exact) mass is 416 g/mol. The molecule has 0 fully saturated rings. The molecule has 0 bridgehead atoms. The lowest BCUT2D eigenvalue weighted by Crippen LogP contribution is -2.44. The Morgan fingerprint density at radius 3 is 1.97 bits per heavy atom. The highest BCUT2D eigenvalue weighted by molar-refractivity contribution is 5.89. The molecular weight excluding hydrogens is 388 g/mol. The van der Waals surface area contributed by atoms with Crippen molar-refractivity contribution >= 4 is 11.8 Å². The number of rotatable bonds is 10. The van der Waals surface area contributed by atoms with E-state index in [9.17, 15) is 9.59 Å². The summed E-state index contributed by atoms with van der Waals surface area (Å²) in [6.07, 6.45) is 0.225. The summed E-state index contributed by atoms with van der Waals surface area (Å²) in [5, 5.41) is 2.91. The number of carbonyl (C=O) groups excluding carboxylic acids is 2. The Morgan fingerprint density at radius 1 is 0.839 bits per heavy atom. The molecule has 3 rings (SSSR count). The number of benzene rings is 3. The molecule has 5 heteroatoms. The van der Waals surface area contributed by atoms with Crippen molar-refractivity contribution < 1.29 is 14.3 Å². The molecule has 0 aromatic heterocycles. The smallest absolute Gasteiger partial charge is 0.247 e. The summed E-state index contributed by atoms with van der Waals surface area (Å²) in [5.74, 6) is -0.327. The van der Waals surface area contributed by atoms with Crippen molar-refractivity contribution in [2.75, 3.05) is 20.3 Å². The van der Waals surface area contributed by atoms with Gasteiger partial charge in [-0.05, 0) is 16.7 Å². The molecule has 0 saturated heterocycles. The first-order valence-electron chi connectivity index (χ1n) is 10.4. The Hall–Kier alpha value is -3.44. The summed E-state index contributed by atoms with van der Waals surface area (Å²) in [5.41, 5.74) is 2.65. The predicted molar refractivity (Wildman–Crippen MR) is 121 cm³/mol. The highest BCUT2D eigenvalue weighted by Crippen LogP contribution is 2.25. The third-order valence-corrected chi connectivity index (χ3v) is 5.00. The number of methoxy groups -OCH3 is 1. The van der Waals surface area contributed by atoms with Gasteiger partial charge < -0.3 is 15.0 Å². The van der Waals surface area contributed by atoms with Crippen molar-refractivity contribution in [3.05, 3.63) is 108 Å². The van der Waals surface area contributed by atoms with Gasteiger partial charge in [0.25, 0.3) is 0 Å². The zero-order chi connectivity index (χ0) is 21.9. The van der Waals surface area contributed by atoms with Gasteiger partial charge in [0.05, 0.1) is 13.0 Å². The molecule has 3 aromatic carbocycles. The van der Waals surface area contributed by atoms with E-state index >= 15 is 0 Å². The van der Waals surface area contributed by atoms with Crippen LogP contribution in [-0.4, -0.2) is 37.0 Å². The van der Waals surface area contributed by atoms with Gasteiger partial charge in [0.1, 0.15) is 6.04 Å². The zero-order valence-electron chi connectivity index (χ0n) is 17.7. The van der Waals surface area contributed by atoms with Gasteiger partial charge in [-0.25, -0.2) is 0 Å². The first-order chi connectivity index (χ1) is 15.2. The minimum atomic E-state index is -0.741. The molecule has 0 heterocycles. The van der Waals surface area contributed by atoms with Gasteiger partial charge in [-0.1, -0.05) is 91.0 Å². The highest BCUT2D eigenvalue weighted by Gasteiger charge is 2.31. The quantitative estimate of drug-likeness (QED) is 0.512. The largest absolute Gasteiger partial charge is 0.383 e. The Bertz CT molecular complexity index is 946. The van der Waals surface area contributed by atoms with Crippen LogP contribution in [0.3, 0.4) is 0 Å². The number of hydrogen-bond donors (Lipinski definition) is 1. The Kier molecular flexibility index (Phi) is 8.38. The van der Waals surface area contributed by atoms with Gasteiger partial charge in [0.2, 0.25) is 11.8 Å². The van der Waals surface area contributed by atoms with Gasteiger partial charge in [0.15, 0.2) is 0 Å². The van der Waals surface area contributed by atoms with E-state index in [0.29, 0.717) is 19.7 Å². The van der Waals surface area contributed by atoms with Gasteiger partial charge in [0, 0.05) is 20.2 Å². The summed E-state index contributed by atoms with van der Waals surface area (Å²) < 4.78 is 5.07. The lowest BCUT2D eigenvalue weighted by atomic mass is 10.0. The first-order valence-corrected chi connectivity index (χ1v) is 10.4. The molecule has 1 N–H and O–H groups in total. The van der Waals surface area contributed by atoms with E-state index in [2.05, 4.69) is 5.32 Å². The van der Waals surface area contributed by atoms with Gasteiger partial charge in [-0.15, -0.1) is 0 Å². The first kappa shape index (κ1) is 22.2. The van der Waals surface area contributed by atoms with Gasteiger partial charge >= 0.3 is 0 Å². The maximum absolute atomic E-state index is 13.5. The Labute approximate surface area is 183 Å². The van der Waals surface area contributed by atoms with Crippen LogP contribution in [0.5, 0.6) is 0 Å². The number of nitrogens with one attached hydrogen (secondary N) is 1. The molecule has 0 aliphatic heterocycles. The minimum Gasteiger partial charge on any atom is -0.383 e. The molecule has 0 aliphatic rings. The zero-order valence-corrected chi connectivity index (χ0v) is 17.7. The standard InChI is InChI=1S/C26H28N2O3/c1-31-18-17-27-26(30)25(23-15-9-4-10-16-23)28(20-22-13-7-3-8-14-22)24(29)19-21-11-5-2-6-12-21/h2-16,25H,17-20H2,1H3,(H,27,30)/t25-/m0/s1. The summed E-state index contributed by atoms with van der Waals surface area (Å²) in [7, 11) is 1.59. The number of ether oxygens (including phenoxy) is 1. The van der Waals surface area contributed by atoms with E-state index in [1.165, 1.54) is 0 Å². The van der Waals surface area contributed by atoms with Crippen LogP contribution >= 0.6 is 0 Å². The van der Waals surface area contributed by atoms with Gasteiger partial charge in [-0.2, -0.15) is 0 Å². The molecule has 2 amide bonds. The molecule has 31 heavy (non-hydrogen) atoms. The number of amides is 2. The molecule has 0 saturated carbocycles. The van der Waals surface area contributed by atoms with Crippen molar-refractivity contribution in [1.29, 1.82) is 0 Å². The van der Waals surface area contributed by atoms with Gasteiger partial charge in [-0.3, -0.25) is 9.59 Å². The Morgan fingerprint density at radius 2 is 1.39 bits per heavy atom. The third kappa shape index (κ3) is 6.52.